The van der Waals surface area contributed by atoms with Gasteiger partial charge in [0, 0.05) is 20.2 Å². The van der Waals surface area contributed by atoms with Gasteiger partial charge in [-0.25, -0.2) is 0 Å². The third-order valence-corrected chi connectivity index (χ3v) is 3.42. The Labute approximate surface area is 124 Å². The Morgan fingerprint density at radius 1 is 1.30 bits per heavy atom. The predicted octanol–water partition coefficient (Wildman–Crippen LogP) is 3.23. The summed E-state index contributed by atoms with van der Waals surface area (Å²) in [7, 11) is 1.63. The van der Waals surface area contributed by atoms with E-state index in [0.717, 1.165) is 12.8 Å². The number of carbonyl (C=O) groups is 1. The van der Waals surface area contributed by atoms with E-state index in [2.05, 4.69) is 19.9 Å². The van der Waals surface area contributed by atoms with Crippen molar-refractivity contribution in [2.75, 3.05) is 26.8 Å². The fourth-order valence-electron chi connectivity index (χ4n) is 2.57. The largest absolute Gasteiger partial charge is 0.383 e. The second kappa shape index (κ2) is 9.77. The lowest BCUT2D eigenvalue weighted by Crippen LogP contribution is -2.46. The van der Waals surface area contributed by atoms with Crippen LogP contribution in [-0.4, -0.2) is 37.6 Å². The lowest BCUT2D eigenvalue weighted by molar-refractivity contribution is -0.141. The van der Waals surface area contributed by atoms with Crippen LogP contribution in [0.4, 0.5) is 0 Å². The molecule has 0 aromatic heterocycles. The SMILES string of the molecule is CCCC(C#N)(CCC)C(=O)N(CCOC)CC(C)C. The number of methoxy groups -OCH3 is 1. The first kappa shape index (κ1) is 18.9. The number of hydrogen-bond acceptors (Lipinski definition) is 3. The molecule has 0 heterocycles. The summed E-state index contributed by atoms with van der Waals surface area (Å²) >= 11 is 0. The van der Waals surface area contributed by atoms with Crippen LogP contribution in [0.1, 0.15) is 53.4 Å². The molecule has 0 radical (unpaired) electrons. The van der Waals surface area contributed by atoms with Crippen molar-refractivity contribution in [3.8, 4) is 6.07 Å². The molecule has 0 aromatic carbocycles. The molecule has 4 nitrogen and oxygen atoms in total. The van der Waals surface area contributed by atoms with Gasteiger partial charge in [0.25, 0.3) is 0 Å². The van der Waals surface area contributed by atoms with Crippen LogP contribution in [0.5, 0.6) is 0 Å². The van der Waals surface area contributed by atoms with E-state index in [-0.39, 0.29) is 5.91 Å². The number of carbonyl (C=O) groups excluding carboxylic acids is 1. The zero-order valence-corrected chi connectivity index (χ0v) is 13.7. The van der Waals surface area contributed by atoms with E-state index in [9.17, 15) is 10.1 Å². The summed E-state index contributed by atoms with van der Waals surface area (Å²) in [6, 6.07) is 2.32. The minimum Gasteiger partial charge on any atom is -0.383 e. The zero-order valence-electron chi connectivity index (χ0n) is 13.7. The van der Waals surface area contributed by atoms with Gasteiger partial charge in [-0.3, -0.25) is 4.79 Å². The Balaban J connectivity index is 5.16. The standard InChI is InChI=1S/C16H30N2O2/c1-6-8-16(13-17,9-7-2)15(19)18(10-11-20-5)12-14(3)4/h14H,6-12H2,1-5H3. The van der Waals surface area contributed by atoms with Crippen LogP contribution in [0.25, 0.3) is 0 Å². The van der Waals surface area contributed by atoms with E-state index in [1.165, 1.54) is 0 Å². The van der Waals surface area contributed by atoms with E-state index >= 15 is 0 Å². The Morgan fingerprint density at radius 3 is 2.20 bits per heavy atom. The van der Waals surface area contributed by atoms with Crippen LogP contribution < -0.4 is 0 Å². The molecule has 20 heavy (non-hydrogen) atoms. The molecular formula is C16H30N2O2. The van der Waals surface area contributed by atoms with Crippen LogP contribution in [0.15, 0.2) is 0 Å². The van der Waals surface area contributed by atoms with Gasteiger partial charge in [0.2, 0.25) is 5.91 Å². The van der Waals surface area contributed by atoms with Gasteiger partial charge >= 0.3 is 0 Å². The second-order valence-electron chi connectivity index (χ2n) is 5.83. The van der Waals surface area contributed by atoms with Crippen LogP contribution in [0.2, 0.25) is 0 Å². The number of hydrogen-bond donors (Lipinski definition) is 0. The lowest BCUT2D eigenvalue weighted by Gasteiger charge is -2.33. The van der Waals surface area contributed by atoms with Crippen molar-refractivity contribution in [3.63, 3.8) is 0 Å². The predicted molar refractivity (Wildman–Crippen MR) is 81.2 cm³/mol. The van der Waals surface area contributed by atoms with Crippen LogP contribution in [0, 0.1) is 22.7 Å². The monoisotopic (exact) mass is 282 g/mol. The Morgan fingerprint density at radius 2 is 1.85 bits per heavy atom. The van der Waals surface area contributed by atoms with Gasteiger partial charge in [-0.2, -0.15) is 5.26 Å². The molecule has 0 spiro atoms. The maximum absolute atomic E-state index is 12.9. The Bertz CT molecular complexity index is 315. The first-order chi connectivity index (χ1) is 9.47. The summed E-state index contributed by atoms with van der Waals surface area (Å²) < 4.78 is 5.09. The van der Waals surface area contributed by atoms with E-state index in [1.807, 2.05) is 18.7 Å². The van der Waals surface area contributed by atoms with E-state index in [0.29, 0.717) is 38.5 Å². The molecule has 4 heteroatoms. The molecule has 0 unspecified atom stereocenters. The van der Waals surface area contributed by atoms with Gasteiger partial charge in [0.1, 0.15) is 5.41 Å². The Kier molecular flexibility index (Phi) is 9.24. The highest BCUT2D eigenvalue weighted by molar-refractivity contribution is 5.85. The molecule has 0 rings (SSSR count). The molecule has 0 fully saturated rings. The molecule has 0 atom stereocenters. The lowest BCUT2D eigenvalue weighted by atomic mass is 9.79. The Hall–Kier alpha value is -1.08. The molecule has 0 aliphatic heterocycles. The average Bonchev–Trinajstić information content (AvgIpc) is 2.41. The molecule has 0 aromatic rings. The number of ether oxygens (including phenoxy) is 1. The molecule has 0 bridgehead atoms. The molecule has 0 aliphatic rings. The fourth-order valence-corrected chi connectivity index (χ4v) is 2.57. The van der Waals surface area contributed by atoms with Gasteiger partial charge in [0.15, 0.2) is 0 Å². The van der Waals surface area contributed by atoms with Crippen molar-refractivity contribution in [2.24, 2.45) is 11.3 Å². The minimum atomic E-state index is -0.855. The highest BCUT2D eigenvalue weighted by atomic mass is 16.5. The molecule has 116 valence electrons. The van der Waals surface area contributed by atoms with Crippen molar-refractivity contribution in [1.29, 1.82) is 5.26 Å². The summed E-state index contributed by atoms with van der Waals surface area (Å²) in [4.78, 5) is 14.7. The third kappa shape index (κ3) is 5.50. The number of amides is 1. The van der Waals surface area contributed by atoms with E-state index in [1.54, 1.807) is 7.11 Å². The van der Waals surface area contributed by atoms with Gasteiger partial charge in [-0.15, -0.1) is 0 Å². The zero-order chi connectivity index (χ0) is 15.6. The van der Waals surface area contributed by atoms with Gasteiger partial charge in [-0.05, 0) is 18.8 Å². The second-order valence-corrected chi connectivity index (χ2v) is 5.83. The van der Waals surface area contributed by atoms with E-state index < -0.39 is 5.41 Å². The van der Waals surface area contributed by atoms with Gasteiger partial charge in [0.05, 0.1) is 12.7 Å². The van der Waals surface area contributed by atoms with Crippen molar-refractivity contribution < 1.29 is 9.53 Å². The summed E-state index contributed by atoms with van der Waals surface area (Å²) in [6.45, 7) is 9.97. The third-order valence-electron chi connectivity index (χ3n) is 3.42. The number of nitriles is 1. The first-order valence-electron chi connectivity index (χ1n) is 7.66. The quantitative estimate of drug-likeness (QED) is 0.618. The topological polar surface area (TPSA) is 53.3 Å². The maximum Gasteiger partial charge on any atom is 0.243 e. The van der Waals surface area contributed by atoms with Crippen LogP contribution in [-0.2, 0) is 9.53 Å². The molecule has 0 aliphatic carbocycles. The number of nitrogens with zero attached hydrogens (tertiary/aromatic N) is 2. The molecule has 0 saturated carbocycles. The highest BCUT2D eigenvalue weighted by Crippen LogP contribution is 2.32. The first-order valence-corrected chi connectivity index (χ1v) is 7.66. The smallest absolute Gasteiger partial charge is 0.243 e. The highest BCUT2D eigenvalue weighted by Gasteiger charge is 2.40. The summed E-state index contributed by atoms with van der Waals surface area (Å²) in [5, 5.41) is 9.59. The maximum atomic E-state index is 12.9. The van der Waals surface area contributed by atoms with Gasteiger partial charge in [-0.1, -0.05) is 40.5 Å². The summed E-state index contributed by atoms with van der Waals surface area (Å²) in [5.41, 5.74) is -0.855. The van der Waals surface area contributed by atoms with Crippen molar-refractivity contribution in [2.45, 2.75) is 53.4 Å². The molecule has 0 saturated heterocycles. The van der Waals surface area contributed by atoms with Crippen molar-refractivity contribution in [1.82, 2.24) is 4.90 Å². The number of rotatable bonds is 10. The molecule has 0 N–H and O–H groups in total. The van der Waals surface area contributed by atoms with Crippen LogP contribution >= 0.6 is 0 Å². The fraction of sp³-hybridized carbons (Fsp3) is 0.875. The van der Waals surface area contributed by atoms with E-state index in [4.69, 9.17) is 4.74 Å². The average molecular weight is 282 g/mol. The molecular weight excluding hydrogens is 252 g/mol. The summed E-state index contributed by atoms with van der Waals surface area (Å²) in [5.74, 6) is 0.366. The van der Waals surface area contributed by atoms with Crippen LogP contribution in [0.3, 0.4) is 0 Å². The summed E-state index contributed by atoms with van der Waals surface area (Å²) in [6.07, 6.45) is 2.97. The van der Waals surface area contributed by atoms with Crippen molar-refractivity contribution in [3.05, 3.63) is 0 Å². The minimum absolute atomic E-state index is 0.0190. The molecule has 1 amide bonds. The van der Waals surface area contributed by atoms with Crippen molar-refractivity contribution >= 4 is 5.91 Å². The van der Waals surface area contributed by atoms with Gasteiger partial charge < -0.3 is 9.64 Å². The normalized spacial score (nSPS) is 11.4.